The van der Waals surface area contributed by atoms with Gasteiger partial charge in [-0.2, -0.15) is 0 Å². The Kier molecular flexibility index (Phi) is 5.25. The van der Waals surface area contributed by atoms with E-state index in [9.17, 15) is 5.11 Å². The molecule has 0 saturated heterocycles. The molecule has 4 N–H and O–H groups in total. The van der Waals surface area contributed by atoms with Crippen LogP contribution >= 0.6 is 0 Å². The third-order valence-corrected chi connectivity index (χ3v) is 2.17. The zero-order valence-corrected chi connectivity index (χ0v) is 9.47. The van der Waals surface area contributed by atoms with Crippen LogP contribution in [0.1, 0.15) is 25.0 Å². The highest BCUT2D eigenvalue weighted by Gasteiger charge is 2.07. The Balaban J connectivity index is 2.63. The van der Waals surface area contributed by atoms with Crippen LogP contribution < -0.4 is 10.5 Å². The predicted octanol–water partition coefficient (Wildman–Crippen LogP) is 0.828. The highest BCUT2D eigenvalue weighted by atomic mass is 16.5. The van der Waals surface area contributed by atoms with Gasteiger partial charge in [0.25, 0.3) is 0 Å². The molecule has 4 nitrogen and oxygen atoms in total. The van der Waals surface area contributed by atoms with E-state index in [1.807, 2.05) is 12.1 Å². The number of aliphatic hydroxyl groups excluding tert-OH is 2. The minimum atomic E-state index is -0.555. The number of hydrogen-bond acceptors (Lipinski definition) is 4. The fraction of sp³-hybridized carbons (Fsp3) is 0.500. The molecule has 0 aliphatic rings. The van der Waals surface area contributed by atoms with Gasteiger partial charge in [-0.1, -0.05) is 12.1 Å². The van der Waals surface area contributed by atoms with E-state index in [2.05, 4.69) is 0 Å². The summed E-state index contributed by atoms with van der Waals surface area (Å²) < 4.78 is 5.34. The summed E-state index contributed by atoms with van der Waals surface area (Å²) >= 11 is 0. The molecule has 16 heavy (non-hydrogen) atoms. The molecule has 0 heterocycles. The standard InChI is InChI=1S/C12H19NO3/c1-9(14)8-16-11-4-2-3-10(7-11)12(15)5-6-13/h2-4,7,9,12,14-15H,5-6,8,13H2,1H3. The fourth-order valence-electron chi connectivity index (χ4n) is 1.35. The third kappa shape index (κ3) is 4.18. The van der Waals surface area contributed by atoms with Gasteiger partial charge in [0, 0.05) is 0 Å². The van der Waals surface area contributed by atoms with E-state index in [1.54, 1.807) is 19.1 Å². The van der Waals surface area contributed by atoms with E-state index in [1.165, 1.54) is 0 Å². The quantitative estimate of drug-likeness (QED) is 0.670. The van der Waals surface area contributed by atoms with Crippen LogP contribution in [0, 0.1) is 0 Å². The van der Waals surface area contributed by atoms with Crippen LogP contribution in [0.2, 0.25) is 0 Å². The normalized spacial score (nSPS) is 14.5. The summed E-state index contributed by atoms with van der Waals surface area (Å²) in [5, 5.41) is 18.8. The topological polar surface area (TPSA) is 75.7 Å². The van der Waals surface area contributed by atoms with Crippen molar-refractivity contribution in [2.75, 3.05) is 13.2 Å². The average molecular weight is 225 g/mol. The summed E-state index contributed by atoms with van der Waals surface area (Å²) in [7, 11) is 0. The van der Waals surface area contributed by atoms with Crippen molar-refractivity contribution < 1.29 is 14.9 Å². The molecule has 2 atom stereocenters. The highest BCUT2D eigenvalue weighted by molar-refractivity contribution is 5.29. The van der Waals surface area contributed by atoms with Crippen molar-refractivity contribution in [1.29, 1.82) is 0 Å². The van der Waals surface area contributed by atoms with Crippen LogP contribution in [0.25, 0.3) is 0 Å². The summed E-state index contributed by atoms with van der Waals surface area (Å²) in [4.78, 5) is 0. The third-order valence-electron chi connectivity index (χ3n) is 2.17. The number of hydrogen-bond donors (Lipinski definition) is 3. The molecule has 0 radical (unpaired) electrons. The summed E-state index contributed by atoms with van der Waals surface area (Å²) in [5.41, 5.74) is 6.16. The Bertz CT molecular complexity index is 315. The minimum absolute atomic E-state index is 0.246. The van der Waals surface area contributed by atoms with E-state index in [-0.39, 0.29) is 6.61 Å². The van der Waals surface area contributed by atoms with Gasteiger partial charge in [0.05, 0.1) is 12.2 Å². The lowest BCUT2D eigenvalue weighted by Gasteiger charge is -2.12. The SMILES string of the molecule is CC(O)COc1cccc(C(O)CCN)c1. The lowest BCUT2D eigenvalue weighted by atomic mass is 10.1. The predicted molar refractivity (Wildman–Crippen MR) is 62.2 cm³/mol. The van der Waals surface area contributed by atoms with Crippen LogP contribution in [0.15, 0.2) is 24.3 Å². The van der Waals surface area contributed by atoms with Crippen molar-refractivity contribution in [1.82, 2.24) is 0 Å². The van der Waals surface area contributed by atoms with Gasteiger partial charge in [0.15, 0.2) is 0 Å². The zero-order valence-electron chi connectivity index (χ0n) is 9.47. The molecule has 0 aromatic heterocycles. The smallest absolute Gasteiger partial charge is 0.119 e. The first-order valence-corrected chi connectivity index (χ1v) is 5.42. The van der Waals surface area contributed by atoms with E-state index in [0.29, 0.717) is 18.7 Å². The molecule has 1 aromatic rings. The molecule has 0 aliphatic heterocycles. The summed E-state index contributed by atoms with van der Waals surface area (Å²) in [6, 6.07) is 7.20. The second-order valence-electron chi connectivity index (χ2n) is 3.83. The van der Waals surface area contributed by atoms with Crippen LogP contribution in [0.5, 0.6) is 5.75 Å². The Morgan fingerprint density at radius 1 is 1.38 bits per heavy atom. The number of aliphatic hydroxyl groups is 2. The van der Waals surface area contributed by atoms with Crippen molar-refractivity contribution in [2.24, 2.45) is 5.73 Å². The second kappa shape index (κ2) is 6.48. The molecule has 1 rings (SSSR count). The lowest BCUT2D eigenvalue weighted by molar-refractivity contribution is 0.122. The van der Waals surface area contributed by atoms with Crippen molar-refractivity contribution in [3.8, 4) is 5.75 Å². The molecular formula is C12H19NO3. The van der Waals surface area contributed by atoms with Gasteiger partial charge >= 0.3 is 0 Å². The molecule has 4 heteroatoms. The molecule has 0 amide bonds. The second-order valence-corrected chi connectivity index (χ2v) is 3.83. The number of nitrogens with two attached hydrogens (primary N) is 1. The van der Waals surface area contributed by atoms with Gasteiger partial charge < -0.3 is 20.7 Å². The molecule has 2 unspecified atom stereocenters. The monoisotopic (exact) mass is 225 g/mol. The summed E-state index contributed by atoms with van der Waals surface area (Å²) in [6.45, 7) is 2.35. The first-order valence-electron chi connectivity index (χ1n) is 5.42. The maximum atomic E-state index is 9.74. The van der Waals surface area contributed by atoms with Crippen LogP contribution in [-0.4, -0.2) is 29.5 Å². The Morgan fingerprint density at radius 2 is 2.12 bits per heavy atom. The largest absolute Gasteiger partial charge is 0.491 e. The highest BCUT2D eigenvalue weighted by Crippen LogP contribution is 2.21. The zero-order chi connectivity index (χ0) is 12.0. The van der Waals surface area contributed by atoms with Gasteiger partial charge in [0.2, 0.25) is 0 Å². The number of ether oxygens (including phenoxy) is 1. The molecule has 0 saturated carbocycles. The van der Waals surface area contributed by atoms with Crippen LogP contribution in [0.3, 0.4) is 0 Å². The lowest BCUT2D eigenvalue weighted by Crippen LogP contribution is -2.13. The first kappa shape index (κ1) is 13.0. The van der Waals surface area contributed by atoms with Gasteiger partial charge in [-0.25, -0.2) is 0 Å². The van der Waals surface area contributed by atoms with Gasteiger partial charge in [-0.3, -0.25) is 0 Å². The molecule has 0 spiro atoms. The van der Waals surface area contributed by atoms with Crippen LogP contribution in [0.4, 0.5) is 0 Å². The van der Waals surface area contributed by atoms with Crippen LogP contribution in [-0.2, 0) is 0 Å². The van der Waals surface area contributed by atoms with E-state index >= 15 is 0 Å². The average Bonchev–Trinajstić information content (AvgIpc) is 2.27. The number of rotatable bonds is 6. The maximum absolute atomic E-state index is 9.74. The van der Waals surface area contributed by atoms with Crippen molar-refractivity contribution >= 4 is 0 Å². The summed E-state index contributed by atoms with van der Waals surface area (Å²) in [6.07, 6.45) is -0.530. The molecule has 0 bridgehead atoms. The minimum Gasteiger partial charge on any atom is -0.491 e. The van der Waals surface area contributed by atoms with E-state index < -0.39 is 12.2 Å². The van der Waals surface area contributed by atoms with E-state index in [4.69, 9.17) is 15.6 Å². The first-order chi connectivity index (χ1) is 7.63. The Hall–Kier alpha value is -1.10. The van der Waals surface area contributed by atoms with E-state index in [0.717, 1.165) is 5.56 Å². The molecule has 0 aliphatic carbocycles. The van der Waals surface area contributed by atoms with Crippen molar-refractivity contribution in [2.45, 2.75) is 25.6 Å². The fourth-order valence-corrected chi connectivity index (χ4v) is 1.35. The molecular weight excluding hydrogens is 206 g/mol. The van der Waals surface area contributed by atoms with Crippen molar-refractivity contribution in [3.05, 3.63) is 29.8 Å². The molecule has 90 valence electrons. The Morgan fingerprint density at radius 3 is 2.75 bits per heavy atom. The van der Waals surface area contributed by atoms with Gasteiger partial charge in [0.1, 0.15) is 12.4 Å². The van der Waals surface area contributed by atoms with Gasteiger partial charge in [-0.05, 0) is 37.6 Å². The van der Waals surface area contributed by atoms with Gasteiger partial charge in [-0.15, -0.1) is 0 Å². The maximum Gasteiger partial charge on any atom is 0.119 e. The molecule has 1 aromatic carbocycles. The molecule has 0 fully saturated rings. The number of benzene rings is 1. The van der Waals surface area contributed by atoms with Crippen molar-refractivity contribution in [3.63, 3.8) is 0 Å². The Labute approximate surface area is 95.7 Å². The summed E-state index contributed by atoms with van der Waals surface area (Å²) in [5.74, 6) is 0.648.